The first-order valence-corrected chi connectivity index (χ1v) is 7.03. The first kappa shape index (κ1) is 16.4. The number of unbranched alkanes of at least 4 members (excludes halogenated alkanes) is 8. The molecule has 0 aliphatic heterocycles. The average molecular weight is 244 g/mol. The van der Waals surface area contributed by atoms with Crippen molar-refractivity contribution in [1.29, 1.82) is 0 Å². The van der Waals surface area contributed by atoms with E-state index >= 15 is 0 Å². The van der Waals surface area contributed by atoms with Gasteiger partial charge in [-0.3, -0.25) is 4.79 Å². The summed E-state index contributed by atoms with van der Waals surface area (Å²) in [6.45, 7) is 1.84. The van der Waals surface area contributed by atoms with Crippen molar-refractivity contribution in [3.8, 4) is 0 Å². The van der Waals surface area contributed by atoms with Gasteiger partial charge >= 0.3 is 5.97 Å². The summed E-state index contributed by atoms with van der Waals surface area (Å²) in [7, 11) is 0. The smallest absolute Gasteiger partial charge is 0.303 e. The molecule has 0 unspecified atom stereocenters. The third-order valence-corrected chi connectivity index (χ3v) is 3.01. The van der Waals surface area contributed by atoms with Crippen LogP contribution in [0.4, 0.5) is 0 Å². The predicted octanol–water partition coefficient (Wildman–Crippen LogP) is 3.74. The molecule has 0 spiro atoms. The molecule has 0 rings (SSSR count). The molecule has 0 amide bonds. The molecule has 0 radical (unpaired) electrons. The molecule has 0 aliphatic carbocycles. The van der Waals surface area contributed by atoms with Crippen molar-refractivity contribution < 1.29 is 15.0 Å². The van der Waals surface area contributed by atoms with E-state index in [1.807, 2.05) is 6.92 Å². The van der Waals surface area contributed by atoms with Crippen LogP contribution in [0.25, 0.3) is 0 Å². The number of hydrogen-bond donors (Lipinski definition) is 2. The van der Waals surface area contributed by atoms with Crippen LogP contribution in [0.3, 0.4) is 0 Å². The molecular weight excluding hydrogens is 216 g/mol. The predicted molar refractivity (Wildman–Crippen MR) is 70.1 cm³/mol. The molecule has 2 N–H and O–H groups in total. The van der Waals surface area contributed by atoms with Gasteiger partial charge in [0.2, 0.25) is 0 Å². The Morgan fingerprint density at radius 2 is 1.29 bits per heavy atom. The Balaban J connectivity index is 2.96. The molecule has 0 bridgehead atoms. The lowest BCUT2D eigenvalue weighted by molar-refractivity contribution is -0.137. The van der Waals surface area contributed by atoms with E-state index < -0.39 is 5.97 Å². The maximum Gasteiger partial charge on any atom is 0.303 e. The minimum atomic E-state index is -0.678. The fraction of sp³-hybridized carbons (Fsp3) is 0.929. The average Bonchev–Trinajstić information content (AvgIpc) is 2.25. The second-order valence-corrected chi connectivity index (χ2v) is 4.96. The van der Waals surface area contributed by atoms with Gasteiger partial charge in [0.15, 0.2) is 0 Å². The molecule has 3 nitrogen and oxygen atoms in total. The third-order valence-electron chi connectivity index (χ3n) is 3.01. The van der Waals surface area contributed by atoms with E-state index in [1.54, 1.807) is 0 Å². The van der Waals surface area contributed by atoms with Gasteiger partial charge in [-0.2, -0.15) is 0 Å². The normalized spacial score (nSPS) is 12.6. The molecule has 0 aromatic heterocycles. The largest absolute Gasteiger partial charge is 0.481 e. The van der Waals surface area contributed by atoms with E-state index in [0.29, 0.717) is 6.42 Å². The molecule has 102 valence electrons. The van der Waals surface area contributed by atoms with Crippen LogP contribution in [0, 0.1) is 0 Å². The van der Waals surface area contributed by atoms with Crippen LogP contribution in [0.15, 0.2) is 0 Å². The second kappa shape index (κ2) is 11.9. The summed E-state index contributed by atoms with van der Waals surface area (Å²) in [5.41, 5.74) is 0. The molecule has 17 heavy (non-hydrogen) atoms. The highest BCUT2D eigenvalue weighted by Crippen LogP contribution is 2.11. The standard InChI is InChI=1S/C14H28O3/c1-13(15)11-9-7-5-3-2-4-6-8-10-12-14(16)17/h13,15H,2-12H2,1H3,(H,16,17)/t13-/m0/s1. The number of carbonyl (C=O) groups is 1. The molecule has 0 heterocycles. The summed E-state index contributed by atoms with van der Waals surface area (Å²) in [5, 5.41) is 17.5. The van der Waals surface area contributed by atoms with Crippen LogP contribution in [0.2, 0.25) is 0 Å². The van der Waals surface area contributed by atoms with Gasteiger partial charge in [0, 0.05) is 6.42 Å². The fourth-order valence-corrected chi connectivity index (χ4v) is 1.95. The fourth-order valence-electron chi connectivity index (χ4n) is 1.95. The second-order valence-electron chi connectivity index (χ2n) is 4.96. The number of aliphatic hydroxyl groups excluding tert-OH is 1. The van der Waals surface area contributed by atoms with Crippen LogP contribution in [0.5, 0.6) is 0 Å². The van der Waals surface area contributed by atoms with Crippen LogP contribution < -0.4 is 0 Å². The van der Waals surface area contributed by atoms with Gasteiger partial charge in [-0.25, -0.2) is 0 Å². The van der Waals surface area contributed by atoms with E-state index in [-0.39, 0.29) is 6.10 Å². The van der Waals surface area contributed by atoms with Crippen molar-refractivity contribution in [3.63, 3.8) is 0 Å². The Hall–Kier alpha value is -0.570. The lowest BCUT2D eigenvalue weighted by atomic mass is 10.0. The lowest BCUT2D eigenvalue weighted by Crippen LogP contribution is -1.98. The molecule has 0 saturated heterocycles. The highest BCUT2D eigenvalue weighted by Gasteiger charge is 1.97. The van der Waals surface area contributed by atoms with Crippen LogP contribution in [0.1, 0.15) is 77.6 Å². The summed E-state index contributed by atoms with van der Waals surface area (Å²) in [6, 6.07) is 0. The van der Waals surface area contributed by atoms with Crippen LogP contribution in [-0.2, 0) is 4.79 Å². The van der Waals surface area contributed by atoms with Gasteiger partial charge in [0.25, 0.3) is 0 Å². The summed E-state index contributed by atoms with van der Waals surface area (Å²) in [5.74, 6) is -0.678. The van der Waals surface area contributed by atoms with E-state index in [1.165, 1.54) is 38.5 Å². The van der Waals surface area contributed by atoms with E-state index in [4.69, 9.17) is 10.2 Å². The number of carboxylic acid groups (broad SMARTS) is 1. The Morgan fingerprint density at radius 1 is 0.882 bits per heavy atom. The van der Waals surface area contributed by atoms with Gasteiger partial charge in [-0.15, -0.1) is 0 Å². The van der Waals surface area contributed by atoms with E-state index in [9.17, 15) is 4.79 Å². The third kappa shape index (κ3) is 15.4. The van der Waals surface area contributed by atoms with Crippen LogP contribution >= 0.6 is 0 Å². The summed E-state index contributed by atoms with van der Waals surface area (Å²) >= 11 is 0. The molecule has 1 atom stereocenters. The maximum atomic E-state index is 10.3. The molecule has 0 aliphatic rings. The summed E-state index contributed by atoms with van der Waals surface area (Å²) in [6.07, 6.45) is 11.5. The van der Waals surface area contributed by atoms with Gasteiger partial charge in [0.1, 0.15) is 0 Å². The molecule has 3 heteroatoms. The van der Waals surface area contributed by atoms with E-state index in [0.717, 1.165) is 25.7 Å². The summed E-state index contributed by atoms with van der Waals surface area (Å²) in [4.78, 5) is 10.3. The first-order valence-electron chi connectivity index (χ1n) is 7.03. The number of aliphatic carboxylic acids is 1. The van der Waals surface area contributed by atoms with Gasteiger partial charge in [0.05, 0.1) is 6.10 Å². The van der Waals surface area contributed by atoms with Gasteiger partial charge in [-0.1, -0.05) is 51.4 Å². The molecule has 0 aromatic carbocycles. The molecule has 0 saturated carbocycles. The Bertz CT molecular complexity index is 178. The zero-order valence-corrected chi connectivity index (χ0v) is 11.2. The molecular formula is C14H28O3. The lowest BCUT2D eigenvalue weighted by Gasteiger charge is -2.04. The minimum Gasteiger partial charge on any atom is -0.481 e. The first-order chi connectivity index (χ1) is 8.13. The maximum absolute atomic E-state index is 10.3. The van der Waals surface area contributed by atoms with Crippen molar-refractivity contribution in [2.75, 3.05) is 0 Å². The Morgan fingerprint density at radius 3 is 1.71 bits per heavy atom. The van der Waals surface area contributed by atoms with Gasteiger partial charge in [-0.05, 0) is 19.8 Å². The number of carboxylic acids is 1. The Labute approximate surface area is 105 Å². The highest BCUT2D eigenvalue weighted by molar-refractivity contribution is 5.66. The van der Waals surface area contributed by atoms with Crippen molar-refractivity contribution in [2.24, 2.45) is 0 Å². The van der Waals surface area contributed by atoms with E-state index in [2.05, 4.69) is 0 Å². The topological polar surface area (TPSA) is 57.5 Å². The zero-order chi connectivity index (χ0) is 12.9. The molecule has 0 fully saturated rings. The quantitative estimate of drug-likeness (QED) is 0.514. The molecule has 0 aromatic rings. The Kier molecular flexibility index (Phi) is 11.5. The monoisotopic (exact) mass is 244 g/mol. The minimum absolute atomic E-state index is 0.149. The number of aliphatic hydroxyl groups is 1. The number of rotatable bonds is 12. The summed E-state index contributed by atoms with van der Waals surface area (Å²) < 4.78 is 0. The van der Waals surface area contributed by atoms with Gasteiger partial charge < -0.3 is 10.2 Å². The van der Waals surface area contributed by atoms with Crippen molar-refractivity contribution in [3.05, 3.63) is 0 Å². The van der Waals surface area contributed by atoms with Crippen molar-refractivity contribution >= 4 is 5.97 Å². The highest BCUT2D eigenvalue weighted by atomic mass is 16.4. The number of hydrogen-bond acceptors (Lipinski definition) is 2. The SMILES string of the molecule is C[C@H](O)CCCCCCCCCCCC(=O)O. The van der Waals surface area contributed by atoms with Crippen molar-refractivity contribution in [2.45, 2.75) is 83.7 Å². The van der Waals surface area contributed by atoms with Crippen LogP contribution in [-0.4, -0.2) is 22.3 Å². The van der Waals surface area contributed by atoms with Crippen molar-refractivity contribution in [1.82, 2.24) is 0 Å². The zero-order valence-electron chi connectivity index (χ0n) is 11.2.